The Bertz CT molecular complexity index is 1190. The second kappa shape index (κ2) is 8.96. The van der Waals surface area contributed by atoms with Gasteiger partial charge in [0.2, 0.25) is 0 Å². The number of carbonyl (C=O) groups is 2. The largest absolute Gasteiger partial charge is 0.458 e. The van der Waals surface area contributed by atoms with Crippen molar-refractivity contribution in [2.45, 2.75) is 82.0 Å². The zero-order chi connectivity index (χ0) is 26.8. The van der Waals surface area contributed by atoms with E-state index in [4.69, 9.17) is 4.74 Å². The summed E-state index contributed by atoms with van der Waals surface area (Å²) >= 11 is 0. The molecule has 0 bridgehead atoms. The van der Waals surface area contributed by atoms with Gasteiger partial charge in [0, 0.05) is 47.5 Å². The first-order valence-electron chi connectivity index (χ1n) is 13.9. The maximum Gasteiger partial charge on any atom is 0.331 e. The Morgan fingerprint density at radius 2 is 1.87 bits per heavy atom. The van der Waals surface area contributed by atoms with Gasteiger partial charge >= 0.3 is 5.97 Å². The van der Waals surface area contributed by atoms with Crippen LogP contribution in [0.1, 0.15) is 75.1 Å². The number of amides is 1. The summed E-state index contributed by atoms with van der Waals surface area (Å²) in [7, 11) is 0. The molecule has 4 N–H and O–H groups in total. The zero-order valence-electron chi connectivity index (χ0n) is 21.8. The molecule has 1 aromatic heterocycles. The lowest BCUT2D eigenvalue weighted by Gasteiger charge is -2.65. The quantitative estimate of drug-likeness (QED) is 0.270. The van der Waals surface area contributed by atoms with Crippen LogP contribution in [-0.4, -0.2) is 62.3 Å². The molecular weight excluding hydrogens is 486 g/mol. The molecule has 2 heterocycles. The van der Waals surface area contributed by atoms with Crippen LogP contribution in [0.3, 0.4) is 0 Å². The number of esters is 1. The first-order chi connectivity index (χ1) is 18.1. The number of cyclic esters (lactones) is 1. The van der Waals surface area contributed by atoms with Gasteiger partial charge in [-0.3, -0.25) is 9.78 Å². The summed E-state index contributed by atoms with van der Waals surface area (Å²) in [4.78, 5) is 28.4. The number of nitrogens with zero attached hydrogens (tertiary/aromatic N) is 2. The summed E-state index contributed by atoms with van der Waals surface area (Å²) in [5, 5.41) is 39.4. The second-order valence-electron chi connectivity index (χ2n) is 12.5. The Balaban J connectivity index is 1.33. The Kier molecular flexibility index (Phi) is 6.05. The number of rotatable bonds is 4. The van der Waals surface area contributed by atoms with Crippen LogP contribution >= 0.6 is 0 Å². The van der Waals surface area contributed by atoms with E-state index in [2.05, 4.69) is 22.4 Å². The van der Waals surface area contributed by atoms with E-state index >= 15 is 0 Å². The van der Waals surface area contributed by atoms with E-state index in [1.807, 2.05) is 0 Å². The Hall–Kier alpha value is -2.62. The fraction of sp³-hybridized carbons (Fsp3) is 0.655. The van der Waals surface area contributed by atoms with E-state index in [-0.39, 0.29) is 36.1 Å². The van der Waals surface area contributed by atoms with Gasteiger partial charge in [0.1, 0.15) is 6.61 Å². The molecule has 1 aromatic rings. The number of hydrogen-bond donors (Lipinski definition) is 4. The van der Waals surface area contributed by atoms with E-state index < -0.39 is 28.1 Å². The molecule has 0 saturated heterocycles. The molecule has 9 heteroatoms. The maximum absolute atomic E-state index is 12.7. The summed E-state index contributed by atoms with van der Waals surface area (Å²) in [6, 6.07) is 3.22. The molecule has 9 nitrogen and oxygen atoms in total. The van der Waals surface area contributed by atoms with Crippen molar-refractivity contribution < 1.29 is 29.6 Å². The summed E-state index contributed by atoms with van der Waals surface area (Å²) < 4.78 is 5.22. The van der Waals surface area contributed by atoms with Crippen LogP contribution in [0.5, 0.6) is 0 Å². The highest BCUT2D eigenvalue weighted by atomic mass is 16.5. The molecule has 1 amide bonds. The lowest BCUT2D eigenvalue weighted by Crippen LogP contribution is -2.68. The van der Waals surface area contributed by atoms with Crippen molar-refractivity contribution in [1.82, 2.24) is 10.4 Å². The fourth-order valence-electron chi connectivity index (χ4n) is 9.13. The van der Waals surface area contributed by atoms with E-state index in [0.717, 1.165) is 24.8 Å². The molecule has 5 aliphatic rings. The Morgan fingerprint density at radius 1 is 1.11 bits per heavy atom. The lowest BCUT2D eigenvalue weighted by molar-refractivity contribution is -0.237. The third-order valence-electron chi connectivity index (χ3n) is 11.0. The monoisotopic (exact) mass is 523 g/mol. The first kappa shape index (κ1) is 25.6. The topological polar surface area (TPSA) is 141 Å². The minimum absolute atomic E-state index is 0.0532. The number of nitrogens with one attached hydrogen (secondary N) is 1. The molecule has 0 spiro atoms. The second-order valence-corrected chi connectivity index (χ2v) is 12.5. The van der Waals surface area contributed by atoms with E-state index in [1.165, 1.54) is 0 Å². The molecule has 0 radical (unpaired) electrons. The van der Waals surface area contributed by atoms with Gasteiger partial charge in [-0.05, 0) is 86.8 Å². The van der Waals surface area contributed by atoms with E-state index in [1.54, 1.807) is 36.8 Å². The molecular formula is C29H37N3O6. The van der Waals surface area contributed by atoms with Gasteiger partial charge in [-0.25, -0.2) is 10.2 Å². The summed E-state index contributed by atoms with van der Waals surface area (Å²) in [6.07, 6.45) is 11.2. The Morgan fingerprint density at radius 3 is 2.61 bits per heavy atom. The van der Waals surface area contributed by atoms with Crippen molar-refractivity contribution in [2.75, 3.05) is 6.61 Å². The summed E-state index contributed by atoms with van der Waals surface area (Å²) in [5.74, 6) is -0.703. The standard InChI is InChI=1S/C29H37N3O6/c1-26-8-3-22-23(29(26,37)11-5-21(26)19-14-24(34)38-16-19)4-10-28(36)15-20(33)2-9-27(22,28)17-31-32-25(35)18-6-12-30-13-7-18/h6-7,12-14,17,20-23,33,36-37H,2-5,8-11,15-16H2,1H3,(H,32,35)/b31-17-/t20-,21-,22+,23-,26-,27+,28+,29+/m1/s1. The normalized spacial score (nSPS) is 44.1. The number of ether oxygens (including phenoxy) is 1. The van der Waals surface area contributed by atoms with Crippen LogP contribution < -0.4 is 5.43 Å². The minimum atomic E-state index is -1.17. The zero-order valence-corrected chi connectivity index (χ0v) is 21.8. The smallest absolute Gasteiger partial charge is 0.331 e. The van der Waals surface area contributed by atoms with Gasteiger partial charge in [0.05, 0.1) is 17.3 Å². The average molecular weight is 524 g/mol. The number of hydrogen-bond acceptors (Lipinski definition) is 8. The third-order valence-corrected chi connectivity index (χ3v) is 11.0. The van der Waals surface area contributed by atoms with Gasteiger partial charge in [-0.1, -0.05) is 6.92 Å². The predicted molar refractivity (Wildman–Crippen MR) is 138 cm³/mol. The summed E-state index contributed by atoms with van der Waals surface area (Å²) in [5.41, 5.74) is 0.743. The molecule has 6 rings (SSSR count). The van der Waals surface area contributed by atoms with Gasteiger partial charge in [-0.15, -0.1) is 0 Å². The fourth-order valence-corrected chi connectivity index (χ4v) is 9.13. The van der Waals surface area contributed by atoms with Crippen LogP contribution in [0, 0.1) is 28.6 Å². The highest BCUT2D eigenvalue weighted by Crippen LogP contribution is 2.70. The molecule has 204 valence electrons. The maximum atomic E-state index is 12.7. The van der Waals surface area contributed by atoms with Crippen LogP contribution in [0.15, 0.2) is 41.3 Å². The molecule has 8 atom stereocenters. The molecule has 0 aromatic carbocycles. The van der Waals surface area contributed by atoms with E-state index in [0.29, 0.717) is 44.3 Å². The molecule has 1 aliphatic heterocycles. The van der Waals surface area contributed by atoms with Crippen molar-refractivity contribution >= 4 is 18.1 Å². The molecule has 38 heavy (non-hydrogen) atoms. The van der Waals surface area contributed by atoms with Crippen molar-refractivity contribution in [1.29, 1.82) is 0 Å². The number of fused-ring (bicyclic) bond motifs is 5. The first-order valence-corrected chi connectivity index (χ1v) is 13.9. The Labute approximate surface area is 222 Å². The van der Waals surface area contributed by atoms with Crippen LogP contribution in [0.2, 0.25) is 0 Å². The number of aliphatic hydroxyl groups is 3. The van der Waals surface area contributed by atoms with Gasteiger partial charge in [0.15, 0.2) is 0 Å². The van der Waals surface area contributed by atoms with Gasteiger partial charge in [-0.2, -0.15) is 5.10 Å². The third kappa shape index (κ3) is 3.62. The van der Waals surface area contributed by atoms with Crippen molar-refractivity contribution in [2.24, 2.45) is 33.7 Å². The highest BCUT2D eigenvalue weighted by molar-refractivity contribution is 5.94. The van der Waals surface area contributed by atoms with Crippen LogP contribution in [0.25, 0.3) is 0 Å². The SMILES string of the molecule is C[C@]12CC[C@H]3[C@@H](CC[C@]4(O)C[C@H](O)CC[C@]34/C=N\NC(=O)c3ccncc3)[C@@]1(O)CC[C@@H]2C1=CC(=O)OC1. The number of aliphatic hydroxyl groups excluding tert-OH is 1. The number of carbonyl (C=O) groups excluding carboxylic acids is 2. The van der Waals surface area contributed by atoms with Crippen LogP contribution in [-0.2, 0) is 9.53 Å². The number of pyridine rings is 1. The molecule has 4 saturated carbocycles. The van der Waals surface area contributed by atoms with E-state index in [9.17, 15) is 24.9 Å². The lowest BCUT2D eigenvalue weighted by atomic mass is 9.41. The van der Waals surface area contributed by atoms with Crippen molar-refractivity contribution in [3.63, 3.8) is 0 Å². The number of hydrazone groups is 1. The van der Waals surface area contributed by atoms with Gasteiger partial charge < -0.3 is 20.1 Å². The molecule has 0 unspecified atom stereocenters. The van der Waals surface area contributed by atoms with Crippen LogP contribution in [0.4, 0.5) is 0 Å². The van der Waals surface area contributed by atoms with Crippen molar-refractivity contribution in [3.8, 4) is 0 Å². The molecule has 4 aliphatic carbocycles. The minimum Gasteiger partial charge on any atom is -0.458 e. The van der Waals surface area contributed by atoms with Gasteiger partial charge in [0.25, 0.3) is 5.91 Å². The number of aromatic nitrogens is 1. The molecule has 4 fully saturated rings. The highest BCUT2D eigenvalue weighted by Gasteiger charge is 2.71. The predicted octanol–water partition coefficient (Wildman–Crippen LogP) is 2.51. The van der Waals surface area contributed by atoms with Crippen molar-refractivity contribution in [3.05, 3.63) is 41.7 Å². The average Bonchev–Trinajstić information content (AvgIpc) is 3.44. The summed E-state index contributed by atoms with van der Waals surface area (Å²) in [6.45, 7) is 2.46.